The van der Waals surface area contributed by atoms with Crippen molar-refractivity contribution >= 4 is 11.7 Å². The van der Waals surface area contributed by atoms with E-state index in [0.717, 1.165) is 12.1 Å². The molecule has 2 N–H and O–H groups in total. The van der Waals surface area contributed by atoms with Crippen LogP contribution >= 0.6 is 0 Å². The van der Waals surface area contributed by atoms with Gasteiger partial charge < -0.3 is 14.9 Å². The third-order valence-corrected chi connectivity index (χ3v) is 2.18. The van der Waals surface area contributed by atoms with Crippen molar-refractivity contribution in [3.8, 4) is 5.75 Å². The zero-order chi connectivity index (χ0) is 14.7. The van der Waals surface area contributed by atoms with Gasteiger partial charge in [-0.3, -0.25) is 10.1 Å². The molecule has 7 nitrogen and oxygen atoms in total. The summed E-state index contributed by atoms with van der Waals surface area (Å²) in [6.45, 7) is -1.92. The number of benzene rings is 1. The number of halogens is 2. The normalized spacial score (nSPS) is 12.3. The molecule has 0 fully saturated rings. The van der Waals surface area contributed by atoms with E-state index in [2.05, 4.69) is 4.74 Å². The Kier molecular flexibility index (Phi) is 4.33. The van der Waals surface area contributed by atoms with Crippen molar-refractivity contribution < 1.29 is 33.4 Å². The van der Waals surface area contributed by atoms with Crippen LogP contribution in [0.5, 0.6) is 5.75 Å². The van der Waals surface area contributed by atoms with Crippen LogP contribution in [0.4, 0.5) is 14.5 Å². The van der Waals surface area contributed by atoms with Crippen LogP contribution < -0.4 is 4.74 Å². The van der Waals surface area contributed by atoms with Gasteiger partial charge in [-0.15, -0.1) is 0 Å². The Hall–Kier alpha value is -2.29. The molecule has 19 heavy (non-hydrogen) atoms. The maximum atomic E-state index is 12.2. The van der Waals surface area contributed by atoms with Crippen molar-refractivity contribution in [1.82, 2.24) is 0 Å². The Morgan fingerprint density at radius 1 is 1.47 bits per heavy atom. The fourth-order valence-electron chi connectivity index (χ4n) is 1.50. The van der Waals surface area contributed by atoms with E-state index in [-0.39, 0.29) is 5.56 Å². The third kappa shape index (κ3) is 3.35. The summed E-state index contributed by atoms with van der Waals surface area (Å²) in [5.41, 5.74) is -1.38. The van der Waals surface area contributed by atoms with E-state index < -0.39 is 40.6 Å². The van der Waals surface area contributed by atoms with E-state index in [0.29, 0.717) is 0 Å². The molecule has 0 spiro atoms. The van der Waals surface area contributed by atoms with Crippen molar-refractivity contribution in [1.29, 1.82) is 0 Å². The number of aliphatic hydroxyl groups excluding tert-OH is 1. The Morgan fingerprint density at radius 3 is 2.47 bits per heavy atom. The Labute approximate surface area is 105 Å². The molecule has 0 aliphatic rings. The first-order chi connectivity index (χ1) is 8.73. The van der Waals surface area contributed by atoms with Gasteiger partial charge in [0.2, 0.25) is 5.75 Å². The van der Waals surface area contributed by atoms with Gasteiger partial charge in [-0.05, 0) is 24.6 Å². The molecule has 0 bridgehead atoms. The number of nitro groups is 1. The van der Waals surface area contributed by atoms with Crippen LogP contribution in [0.2, 0.25) is 0 Å². The lowest BCUT2D eigenvalue weighted by molar-refractivity contribution is -0.387. The maximum absolute atomic E-state index is 12.2. The number of rotatable bonds is 5. The molecule has 1 rings (SSSR count). The highest BCUT2D eigenvalue weighted by Crippen LogP contribution is 2.36. The number of hydrogen-bond donors (Lipinski definition) is 2. The van der Waals surface area contributed by atoms with Gasteiger partial charge in [0.15, 0.2) is 6.10 Å². The first-order valence-electron chi connectivity index (χ1n) is 4.88. The van der Waals surface area contributed by atoms with Gasteiger partial charge in [-0.25, -0.2) is 4.79 Å². The molecule has 0 heterocycles. The van der Waals surface area contributed by atoms with E-state index in [9.17, 15) is 28.8 Å². The standard InChI is InChI=1S/C10H9F2NO6/c1-4-2-5(8(14)9(15)16)7(13(17)18)6(3-4)19-10(11)12/h2-3,8,10,14H,1H3,(H,15,16). The average molecular weight is 277 g/mol. The summed E-state index contributed by atoms with van der Waals surface area (Å²) in [6.07, 6.45) is -2.21. The number of carboxylic acids is 1. The number of nitrogens with zero attached hydrogens (tertiary/aromatic N) is 1. The molecule has 0 aliphatic carbocycles. The molecule has 0 amide bonds. The molecule has 0 radical (unpaired) electrons. The maximum Gasteiger partial charge on any atom is 0.387 e. The lowest BCUT2D eigenvalue weighted by Crippen LogP contribution is -2.14. The minimum absolute atomic E-state index is 0.233. The van der Waals surface area contributed by atoms with Crippen LogP contribution in [0.15, 0.2) is 12.1 Å². The van der Waals surface area contributed by atoms with Crippen molar-refractivity contribution in [3.05, 3.63) is 33.4 Å². The number of nitro benzene ring substituents is 1. The minimum Gasteiger partial charge on any atom is -0.479 e. The second-order valence-electron chi connectivity index (χ2n) is 3.58. The molecule has 0 saturated heterocycles. The lowest BCUT2D eigenvalue weighted by atomic mass is 10.0. The fourth-order valence-corrected chi connectivity index (χ4v) is 1.50. The Balaban J connectivity index is 3.48. The van der Waals surface area contributed by atoms with Gasteiger partial charge in [0, 0.05) is 0 Å². The Bertz CT molecular complexity index is 519. The number of ether oxygens (including phenoxy) is 1. The third-order valence-electron chi connectivity index (χ3n) is 2.18. The first-order valence-corrected chi connectivity index (χ1v) is 4.88. The topological polar surface area (TPSA) is 110 Å². The molecule has 104 valence electrons. The lowest BCUT2D eigenvalue weighted by Gasteiger charge is -2.12. The van der Waals surface area contributed by atoms with Crippen molar-refractivity contribution in [2.24, 2.45) is 0 Å². The number of aryl methyl sites for hydroxylation is 1. The molecule has 1 aromatic carbocycles. The molecule has 0 saturated carbocycles. The van der Waals surface area contributed by atoms with Crippen LogP contribution in [0.1, 0.15) is 17.2 Å². The van der Waals surface area contributed by atoms with Crippen LogP contribution in [-0.4, -0.2) is 27.7 Å². The molecule has 1 aromatic rings. The van der Waals surface area contributed by atoms with E-state index in [1.54, 1.807) is 0 Å². The number of aliphatic hydroxyl groups is 1. The summed E-state index contributed by atoms with van der Waals surface area (Å²) in [7, 11) is 0. The zero-order valence-corrected chi connectivity index (χ0v) is 9.54. The van der Waals surface area contributed by atoms with Gasteiger partial charge in [0.05, 0.1) is 10.5 Å². The van der Waals surface area contributed by atoms with E-state index in [4.69, 9.17) is 5.11 Å². The summed E-state index contributed by atoms with van der Waals surface area (Å²) in [5, 5.41) is 28.8. The number of alkyl halides is 2. The van der Waals surface area contributed by atoms with Crippen LogP contribution in [0.3, 0.4) is 0 Å². The molecule has 0 aromatic heterocycles. The van der Waals surface area contributed by atoms with Crippen LogP contribution in [-0.2, 0) is 4.79 Å². The summed E-state index contributed by atoms with van der Waals surface area (Å²) >= 11 is 0. The predicted molar refractivity (Wildman–Crippen MR) is 57.1 cm³/mol. The minimum atomic E-state index is -3.31. The highest BCUT2D eigenvalue weighted by Gasteiger charge is 2.31. The molecule has 1 unspecified atom stereocenters. The summed E-state index contributed by atoms with van der Waals surface area (Å²) in [6, 6.07) is 1.98. The second-order valence-corrected chi connectivity index (χ2v) is 3.58. The predicted octanol–water partition coefficient (Wildman–Crippen LogP) is 1.62. The van der Waals surface area contributed by atoms with E-state index in [1.807, 2.05) is 0 Å². The van der Waals surface area contributed by atoms with Crippen molar-refractivity contribution in [2.75, 3.05) is 0 Å². The monoisotopic (exact) mass is 277 g/mol. The molecule has 9 heteroatoms. The van der Waals surface area contributed by atoms with Crippen molar-refractivity contribution in [2.45, 2.75) is 19.6 Å². The average Bonchev–Trinajstić information content (AvgIpc) is 2.25. The molecule has 0 aliphatic heterocycles. The summed E-state index contributed by atoms with van der Waals surface area (Å²) in [5.74, 6) is -2.54. The summed E-state index contributed by atoms with van der Waals surface area (Å²) < 4.78 is 28.3. The molecule has 1 atom stereocenters. The highest BCUT2D eigenvalue weighted by molar-refractivity contribution is 5.77. The second kappa shape index (κ2) is 5.57. The van der Waals surface area contributed by atoms with Gasteiger partial charge in [0.25, 0.3) is 0 Å². The van der Waals surface area contributed by atoms with Gasteiger partial charge >= 0.3 is 18.3 Å². The van der Waals surface area contributed by atoms with Crippen LogP contribution in [0.25, 0.3) is 0 Å². The number of carboxylic acid groups (broad SMARTS) is 1. The van der Waals surface area contributed by atoms with Gasteiger partial charge in [0.1, 0.15) is 0 Å². The molecular formula is C10H9F2NO6. The Morgan fingerprint density at radius 2 is 2.05 bits per heavy atom. The first kappa shape index (κ1) is 14.8. The van der Waals surface area contributed by atoms with E-state index >= 15 is 0 Å². The van der Waals surface area contributed by atoms with Crippen LogP contribution in [0, 0.1) is 17.0 Å². The SMILES string of the molecule is Cc1cc(OC(F)F)c([N+](=O)[O-])c(C(O)C(=O)O)c1. The number of carbonyl (C=O) groups is 1. The summed E-state index contributed by atoms with van der Waals surface area (Å²) in [4.78, 5) is 20.4. The van der Waals surface area contributed by atoms with E-state index in [1.165, 1.54) is 6.92 Å². The number of aliphatic carboxylic acids is 1. The van der Waals surface area contributed by atoms with Gasteiger partial charge in [-0.1, -0.05) is 0 Å². The van der Waals surface area contributed by atoms with Gasteiger partial charge in [-0.2, -0.15) is 8.78 Å². The zero-order valence-electron chi connectivity index (χ0n) is 9.54. The largest absolute Gasteiger partial charge is 0.479 e. The smallest absolute Gasteiger partial charge is 0.387 e. The quantitative estimate of drug-likeness (QED) is 0.625. The fraction of sp³-hybridized carbons (Fsp3) is 0.300. The highest BCUT2D eigenvalue weighted by atomic mass is 19.3. The molecular weight excluding hydrogens is 268 g/mol. The number of hydrogen-bond acceptors (Lipinski definition) is 5. The van der Waals surface area contributed by atoms with Crippen molar-refractivity contribution in [3.63, 3.8) is 0 Å².